The number of hydrogen-bond acceptors (Lipinski definition) is 3. The summed E-state index contributed by atoms with van der Waals surface area (Å²) >= 11 is 6.57. The third-order valence-corrected chi connectivity index (χ3v) is 3.20. The summed E-state index contributed by atoms with van der Waals surface area (Å²) in [6.45, 7) is 2.04. The summed E-state index contributed by atoms with van der Waals surface area (Å²) in [5.41, 5.74) is 0. The molecule has 100 valence electrons. The van der Waals surface area contributed by atoms with Crippen LogP contribution in [0.3, 0.4) is 0 Å². The lowest BCUT2D eigenvalue weighted by Crippen LogP contribution is -1.98. The average molecular weight is 390 g/mol. The van der Waals surface area contributed by atoms with Crippen LogP contribution in [0.5, 0.6) is 11.6 Å². The number of hydrogen-bond donors (Lipinski definition) is 0. The van der Waals surface area contributed by atoms with Gasteiger partial charge in [-0.1, -0.05) is 22.9 Å². The summed E-state index contributed by atoms with van der Waals surface area (Å²) in [5, 5.41) is 0. The Kier molecular flexibility index (Phi) is 4.87. The molecule has 0 amide bonds. The van der Waals surface area contributed by atoms with Gasteiger partial charge in [-0.2, -0.15) is 4.98 Å². The van der Waals surface area contributed by atoms with Gasteiger partial charge in [0.15, 0.2) is 11.6 Å². The van der Waals surface area contributed by atoms with Gasteiger partial charge in [0.05, 0.1) is 0 Å². The highest BCUT2D eigenvalue weighted by molar-refractivity contribution is 9.10. The van der Waals surface area contributed by atoms with E-state index in [1.54, 1.807) is 18.2 Å². The number of aryl methyl sites for hydroxylation is 1. The molecule has 0 spiro atoms. The molecule has 0 unspecified atom stereocenters. The lowest BCUT2D eigenvalue weighted by Gasteiger charge is -2.08. The first-order valence-electron chi connectivity index (χ1n) is 5.75. The van der Waals surface area contributed by atoms with Crippen molar-refractivity contribution in [3.63, 3.8) is 0 Å². The number of benzene rings is 1. The highest BCUT2D eigenvalue weighted by atomic mass is 79.9. The monoisotopic (exact) mass is 388 g/mol. The molecule has 0 aliphatic heterocycles. The Labute approximate surface area is 127 Å². The molecule has 0 saturated carbocycles. The fourth-order valence-corrected chi connectivity index (χ4v) is 2.24. The molecule has 3 nitrogen and oxygen atoms in total. The molecule has 0 saturated heterocycles. The Morgan fingerprint density at radius 3 is 2.74 bits per heavy atom. The minimum absolute atomic E-state index is 0.127. The Hall–Kier alpha value is -1.01. The zero-order valence-electron chi connectivity index (χ0n) is 10.2. The first-order chi connectivity index (χ1) is 9.08. The van der Waals surface area contributed by atoms with E-state index in [1.165, 1.54) is 6.07 Å². The molecule has 0 fully saturated rings. The molecule has 0 aliphatic rings. The molecule has 0 atom stereocenters. The molecule has 0 bridgehead atoms. The second-order valence-corrected chi connectivity index (χ2v) is 5.60. The molecule has 1 heterocycles. The summed E-state index contributed by atoms with van der Waals surface area (Å²) in [6.07, 6.45) is 1.68. The topological polar surface area (TPSA) is 35.0 Å². The quantitative estimate of drug-likeness (QED) is 0.698. The van der Waals surface area contributed by atoms with Crippen molar-refractivity contribution in [2.24, 2.45) is 0 Å². The molecule has 19 heavy (non-hydrogen) atoms. The first-order valence-corrected chi connectivity index (χ1v) is 7.33. The van der Waals surface area contributed by atoms with Gasteiger partial charge in [-0.3, -0.25) is 0 Å². The Morgan fingerprint density at radius 1 is 1.21 bits per heavy atom. The molecule has 6 heteroatoms. The van der Waals surface area contributed by atoms with Crippen molar-refractivity contribution in [3.8, 4) is 11.6 Å². The number of nitrogens with zero attached hydrogens (tertiary/aromatic N) is 2. The van der Waals surface area contributed by atoms with Crippen LogP contribution in [0.15, 0.2) is 33.3 Å². The molecular formula is C13H11Br2FN2O. The van der Waals surface area contributed by atoms with Crippen LogP contribution in [0.4, 0.5) is 4.39 Å². The van der Waals surface area contributed by atoms with Gasteiger partial charge < -0.3 is 4.74 Å². The molecule has 2 aromatic rings. The summed E-state index contributed by atoms with van der Waals surface area (Å²) in [6, 6.07) is 6.12. The SMILES string of the molecule is CCCc1nc(Br)cc(Oc2cc(Br)ccc2F)n1. The van der Waals surface area contributed by atoms with Crippen molar-refractivity contribution in [1.82, 2.24) is 9.97 Å². The van der Waals surface area contributed by atoms with Gasteiger partial charge in [-0.25, -0.2) is 9.37 Å². The minimum atomic E-state index is -0.435. The Balaban J connectivity index is 2.29. The molecule has 1 aromatic heterocycles. The predicted molar refractivity (Wildman–Crippen MR) is 77.9 cm³/mol. The van der Waals surface area contributed by atoms with E-state index in [0.29, 0.717) is 16.3 Å². The fraction of sp³-hybridized carbons (Fsp3) is 0.231. The van der Waals surface area contributed by atoms with Crippen LogP contribution in [0.1, 0.15) is 19.2 Å². The highest BCUT2D eigenvalue weighted by Gasteiger charge is 2.09. The lowest BCUT2D eigenvalue weighted by atomic mass is 10.3. The normalized spacial score (nSPS) is 10.5. The van der Waals surface area contributed by atoms with Crippen molar-refractivity contribution >= 4 is 31.9 Å². The van der Waals surface area contributed by atoms with Gasteiger partial charge in [-0.05, 0) is 40.5 Å². The minimum Gasteiger partial charge on any atom is -0.436 e. The first kappa shape index (κ1) is 14.4. The van der Waals surface area contributed by atoms with E-state index in [2.05, 4.69) is 41.8 Å². The van der Waals surface area contributed by atoms with E-state index >= 15 is 0 Å². The van der Waals surface area contributed by atoms with Crippen molar-refractivity contribution in [2.75, 3.05) is 0 Å². The van der Waals surface area contributed by atoms with Crippen molar-refractivity contribution in [1.29, 1.82) is 0 Å². The van der Waals surface area contributed by atoms with Crippen molar-refractivity contribution < 1.29 is 9.13 Å². The van der Waals surface area contributed by atoms with Gasteiger partial charge in [0, 0.05) is 17.0 Å². The molecule has 2 rings (SSSR count). The van der Waals surface area contributed by atoms with Crippen LogP contribution in [0.25, 0.3) is 0 Å². The second kappa shape index (κ2) is 6.43. The Morgan fingerprint density at radius 2 is 2.00 bits per heavy atom. The molecular weight excluding hydrogens is 379 g/mol. The average Bonchev–Trinajstić information content (AvgIpc) is 2.33. The smallest absolute Gasteiger partial charge is 0.223 e. The number of ether oxygens (including phenoxy) is 1. The van der Waals surface area contributed by atoms with Crippen LogP contribution in [0, 0.1) is 5.82 Å². The van der Waals surface area contributed by atoms with Gasteiger partial charge in [0.1, 0.15) is 10.4 Å². The zero-order valence-corrected chi connectivity index (χ0v) is 13.3. The van der Waals surface area contributed by atoms with Gasteiger partial charge in [0.25, 0.3) is 0 Å². The molecule has 0 aliphatic carbocycles. The molecule has 1 aromatic carbocycles. The molecule has 0 N–H and O–H groups in total. The van der Waals surface area contributed by atoms with E-state index in [0.717, 1.165) is 17.3 Å². The third kappa shape index (κ3) is 3.98. The summed E-state index contributed by atoms with van der Waals surface area (Å²) in [5.74, 6) is 0.682. The lowest BCUT2D eigenvalue weighted by molar-refractivity contribution is 0.423. The number of aromatic nitrogens is 2. The number of rotatable bonds is 4. The van der Waals surface area contributed by atoms with E-state index < -0.39 is 5.82 Å². The van der Waals surface area contributed by atoms with E-state index in [1.807, 2.05) is 6.92 Å². The van der Waals surface area contributed by atoms with Crippen LogP contribution in [0.2, 0.25) is 0 Å². The van der Waals surface area contributed by atoms with E-state index in [-0.39, 0.29) is 5.75 Å². The number of halogens is 3. The third-order valence-electron chi connectivity index (χ3n) is 2.30. The Bertz CT molecular complexity index is 593. The van der Waals surface area contributed by atoms with Crippen molar-refractivity contribution in [3.05, 3.63) is 45.0 Å². The summed E-state index contributed by atoms with van der Waals surface area (Å²) < 4.78 is 20.4. The zero-order chi connectivity index (χ0) is 13.8. The van der Waals surface area contributed by atoms with Crippen LogP contribution in [-0.2, 0) is 6.42 Å². The maximum absolute atomic E-state index is 13.6. The standard InChI is InChI=1S/C13H11Br2FN2O/c1-2-3-12-17-11(15)7-13(18-12)19-10-6-8(14)4-5-9(10)16/h4-7H,2-3H2,1H3. The van der Waals surface area contributed by atoms with Crippen LogP contribution >= 0.6 is 31.9 Å². The maximum Gasteiger partial charge on any atom is 0.223 e. The predicted octanol–water partition coefficient (Wildman–Crippen LogP) is 4.89. The van der Waals surface area contributed by atoms with E-state index in [4.69, 9.17) is 4.74 Å². The fourth-order valence-electron chi connectivity index (χ4n) is 1.50. The van der Waals surface area contributed by atoms with Gasteiger partial charge >= 0.3 is 0 Å². The van der Waals surface area contributed by atoms with Crippen molar-refractivity contribution in [2.45, 2.75) is 19.8 Å². The summed E-state index contributed by atoms with van der Waals surface area (Å²) in [4.78, 5) is 8.47. The maximum atomic E-state index is 13.6. The summed E-state index contributed by atoms with van der Waals surface area (Å²) in [7, 11) is 0. The highest BCUT2D eigenvalue weighted by Crippen LogP contribution is 2.27. The largest absolute Gasteiger partial charge is 0.436 e. The van der Waals surface area contributed by atoms with Gasteiger partial charge in [-0.15, -0.1) is 0 Å². The second-order valence-electron chi connectivity index (χ2n) is 3.87. The van der Waals surface area contributed by atoms with Crippen LogP contribution < -0.4 is 4.74 Å². The molecule has 0 radical (unpaired) electrons. The van der Waals surface area contributed by atoms with Crippen LogP contribution in [-0.4, -0.2) is 9.97 Å². The van der Waals surface area contributed by atoms with E-state index in [9.17, 15) is 4.39 Å². The van der Waals surface area contributed by atoms with Gasteiger partial charge in [0.2, 0.25) is 5.88 Å².